The predicted octanol–water partition coefficient (Wildman–Crippen LogP) is 4.35. The smallest absolute Gasteiger partial charge is 0.106 e. The van der Waals surface area contributed by atoms with E-state index in [2.05, 4.69) is 45.6 Å². The molecule has 0 aromatic carbocycles. The molecule has 0 radical (unpaired) electrons. The first-order valence-electron chi connectivity index (χ1n) is 14.1. The number of ether oxygens (including phenoxy) is 3. The van der Waals surface area contributed by atoms with Crippen molar-refractivity contribution >= 4 is 0 Å². The summed E-state index contributed by atoms with van der Waals surface area (Å²) in [5.74, 6) is 0. The monoisotopic (exact) mass is 516 g/mol. The zero-order chi connectivity index (χ0) is 26.2. The van der Waals surface area contributed by atoms with Crippen molar-refractivity contribution in [1.29, 1.82) is 0 Å². The summed E-state index contributed by atoms with van der Waals surface area (Å²) >= 11 is 0. The van der Waals surface area contributed by atoms with Crippen molar-refractivity contribution in [2.24, 2.45) is 0 Å². The molecule has 0 saturated carbocycles. The number of nitrogens with one attached hydrogen (secondary N) is 4. The van der Waals surface area contributed by atoms with Crippen LogP contribution in [-0.4, -0.2) is 72.2 Å². The Kier molecular flexibility index (Phi) is 26.4. The SMILES string of the molecule is C1=CCNCC1.C1=CCOC=C1.C1=CCOCC1.C1=CNCCC1.C1=COCCC1.C1CNCCNC1. The summed E-state index contributed by atoms with van der Waals surface area (Å²) in [4.78, 5) is 0. The normalized spacial score (nSPS) is 20.8. The maximum atomic E-state index is 4.98. The minimum Gasteiger partial charge on any atom is -0.502 e. The average molecular weight is 517 g/mol. The molecule has 0 aromatic heterocycles. The van der Waals surface area contributed by atoms with E-state index in [-0.39, 0.29) is 0 Å². The van der Waals surface area contributed by atoms with Gasteiger partial charge in [-0.3, -0.25) is 0 Å². The van der Waals surface area contributed by atoms with Crippen LogP contribution >= 0.6 is 0 Å². The maximum absolute atomic E-state index is 4.98. The summed E-state index contributed by atoms with van der Waals surface area (Å²) in [6.07, 6.45) is 32.5. The lowest BCUT2D eigenvalue weighted by molar-refractivity contribution is 0.158. The number of hydrogen-bond acceptors (Lipinski definition) is 7. The second-order valence-electron chi connectivity index (χ2n) is 8.63. The fourth-order valence-electron chi connectivity index (χ4n) is 3.23. The molecule has 7 nitrogen and oxygen atoms in total. The van der Waals surface area contributed by atoms with Gasteiger partial charge in [0.25, 0.3) is 0 Å². The molecule has 1 saturated heterocycles. The second-order valence-corrected chi connectivity index (χ2v) is 8.63. The van der Waals surface area contributed by atoms with Gasteiger partial charge < -0.3 is 35.5 Å². The lowest BCUT2D eigenvalue weighted by atomic mass is 10.2. The molecule has 0 atom stereocenters. The molecule has 0 amide bonds. The highest BCUT2D eigenvalue weighted by Gasteiger charge is 1.92. The molecule has 1 fully saturated rings. The molecule has 37 heavy (non-hydrogen) atoms. The van der Waals surface area contributed by atoms with E-state index in [4.69, 9.17) is 14.2 Å². The molecule has 0 aliphatic carbocycles. The van der Waals surface area contributed by atoms with E-state index in [1.54, 1.807) is 12.5 Å². The van der Waals surface area contributed by atoms with Gasteiger partial charge in [-0.1, -0.05) is 36.5 Å². The second kappa shape index (κ2) is 29.9. The number of rotatable bonds is 0. The van der Waals surface area contributed by atoms with Gasteiger partial charge in [0, 0.05) is 26.2 Å². The first-order valence-corrected chi connectivity index (χ1v) is 14.1. The number of hydrogen-bond donors (Lipinski definition) is 4. The molecule has 7 heteroatoms. The van der Waals surface area contributed by atoms with E-state index in [1.807, 2.05) is 36.6 Å². The minimum atomic E-state index is 0.733. The molecular weight excluding hydrogens is 464 g/mol. The average Bonchev–Trinajstić information content (AvgIpc) is 3.37. The van der Waals surface area contributed by atoms with Gasteiger partial charge in [-0.25, -0.2) is 0 Å². The molecule has 0 aromatic rings. The summed E-state index contributed by atoms with van der Waals surface area (Å²) in [6.45, 7) is 11.4. The van der Waals surface area contributed by atoms with Gasteiger partial charge in [0.05, 0.1) is 32.3 Å². The predicted molar refractivity (Wildman–Crippen MR) is 156 cm³/mol. The fourth-order valence-corrected chi connectivity index (χ4v) is 3.23. The van der Waals surface area contributed by atoms with Crippen molar-refractivity contribution in [3.8, 4) is 0 Å². The highest BCUT2D eigenvalue weighted by atomic mass is 16.5. The molecule has 6 rings (SSSR count). The van der Waals surface area contributed by atoms with Crippen molar-refractivity contribution in [2.75, 3.05) is 72.2 Å². The fraction of sp³-hybridized carbons (Fsp3) is 0.600. The molecule has 4 N–H and O–H groups in total. The van der Waals surface area contributed by atoms with E-state index in [0.29, 0.717) is 0 Å². The Balaban J connectivity index is 0.000000222. The summed E-state index contributed by atoms with van der Waals surface area (Å²) < 4.78 is 14.7. The summed E-state index contributed by atoms with van der Waals surface area (Å²) in [5, 5.41) is 12.9. The van der Waals surface area contributed by atoms with Crippen molar-refractivity contribution in [3.05, 3.63) is 73.4 Å². The third kappa shape index (κ3) is 28.1. The van der Waals surface area contributed by atoms with Crippen molar-refractivity contribution in [1.82, 2.24) is 21.3 Å². The van der Waals surface area contributed by atoms with E-state index in [0.717, 1.165) is 65.6 Å². The molecule has 6 heterocycles. The van der Waals surface area contributed by atoms with E-state index in [9.17, 15) is 0 Å². The summed E-state index contributed by atoms with van der Waals surface area (Å²) in [5.41, 5.74) is 0. The molecule has 6 aliphatic heterocycles. The van der Waals surface area contributed by atoms with Gasteiger partial charge in [0.2, 0.25) is 0 Å². The van der Waals surface area contributed by atoms with Gasteiger partial charge in [-0.2, -0.15) is 0 Å². The Morgan fingerprint density at radius 2 is 1.35 bits per heavy atom. The van der Waals surface area contributed by atoms with Gasteiger partial charge >= 0.3 is 0 Å². The van der Waals surface area contributed by atoms with E-state index in [1.165, 1.54) is 51.6 Å². The Bertz CT molecular complexity index is 509. The third-order valence-electron chi connectivity index (χ3n) is 5.28. The lowest BCUT2D eigenvalue weighted by Crippen LogP contribution is -2.21. The van der Waals surface area contributed by atoms with Gasteiger partial charge in [0.15, 0.2) is 0 Å². The quantitative estimate of drug-likeness (QED) is 0.357. The maximum Gasteiger partial charge on any atom is 0.106 e. The molecule has 0 unspecified atom stereocenters. The van der Waals surface area contributed by atoms with Crippen LogP contribution in [0.3, 0.4) is 0 Å². The first kappa shape index (κ1) is 32.7. The van der Waals surface area contributed by atoms with Crippen LogP contribution in [0.25, 0.3) is 0 Å². The van der Waals surface area contributed by atoms with Crippen LogP contribution in [0.5, 0.6) is 0 Å². The Morgan fingerprint density at radius 3 is 1.59 bits per heavy atom. The first-order chi connectivity index (χ1) is 18.5. The van der Waals surface area contributed by atoms with Gasteiger partial charge in [0.1, 0.15) is 6.61 Å². The topological polar surface area (TPSA) is 75.8 Å². The standard InChI is InChI=1S/C5H12N2.2C5H9N.2C5H8O.C5H6O/c1-2-6-4-5-7-3-1;5*1-2-4-6-5-3-1/h6-7H,1-5H2;2,4,6H,1,3,5H2;1-2,6H,3-5H2;2,4H,1,3,5H2;1-2H,3-5H2;1-4H,5H2. The number of allylic oxidation sites excluding steroid dienone is 4. The summed E-state index contributed by atoms with van der Waals surface area (Å²) in [7, 11) is 0. The Hall–Kier alpha value is -2.32. The Labute approximate surface area is 226 Å². The van der Waals surface area contributed by atoms with Crippen molar-refractivity contribution < 1.29 is 14.2 Å². The Morgan fingerprint density at radius 1 is 0.486 bits per heavy atom. The van der Waals surface area contributed by atoms with E-state index < -0.39 is 0 Å². The largest absolute Gasteiger partial charge is 0.502 e. The van der Waals surface area contributed by atoms with Crippen LogP contribution in [0, 0.1) is 0 Å². The van der Waals surface area contributed by atoms with Crippen molar-refractivity contribution in [3.63, 3.8) is 0 Å². The zero-order valence-corrected chi connectivity index (χ0v) is 22.9. The lowest BCUT2D eigenvalue weighted by Gasteiger charge is -2.02. The van der Waals surface area contributed by atoms with Crippen LogP contribution in [0.1, 0.15) is 44.9 Å². The van der Waals surface area contributed by atoms with Crippen LogP contribution in [0.4, 0.5) is 0 Å². The molecule has 6 aliphatic rings. The highest BCUT2D eigenvalue weighted by molar-refractivity contribution is 5.03. The van der Waals surface area contributed by atoms with Crippen LogP contribution in [0.2, 0.25) is 0 Å². The molecule has 210 valence electrons. The van der Waals surface area contributed by atoms with Gasteiger partial charge in [-0.15, -0.1) is 0 Å². The van der Waals surface area contributed by atoms with Crippen LogP contribution in [0.15, 0.2) is 73.4 Å². The van der Waals surface area contributed by atoms with Gasteiger partial charge in [-0.05, 0) is 89.0 Å². The minimum absolute atomic E-state index is 0.733. The summed E-state index contributed by atoms with van der Waals surface area (Å²) in [6, 6.07) is 0. The molecular formula is C30H52N4O3. The molecule has 0 spiro atoms. The van der Waals surface area contributed by atoms with Crippen molar-refractivity contribution in [2.45, 2.75) is 44.9 Å². The zero-order valence-electron chi connectivity index (χ0n) is 22.9. The highest BCUT2D eigenvalue weighted by Crippen LogP contribution is 1.98. The van der Waals surface area contributed by atoms with Crippen LogP contribution < -0.4 is 21.3 Å². The van der Waals surface area contributed by atoms with E-state index >= 15 is 0 Å². The molecule has 0 bridgehead atoms. The van der Waals surface area contributed by atoms with Crippen LogP contribution in [-0.2, 0) is 14.2 Å². The third-order valence-corrected chi connectivity index (χ3v) is 5.28.